The molecular weight excluding hydrogens is 1220 g/mol. The van der Waals surface area contributed by atoms with E-state index in [1.54, 1.807) is 0 Å². The van der Waals surface area contributed by atoms with Crippen LogP contribution in [0.3, 0.4) is 0 Å². The van der Waals surface area contributed by atoms with Crippen LogP contribution in [0.5, 0.6) is 0 Å². The van der Waals surface area contributed by atoms with E-state index in [1.165, 1.54) is 21.5 Å². The molecule has 472 valence electrons. The van der Waals surface area contributed by atoms with Crippen LogP contribution < -0.4 is 9.80 Å². The number of hydrogen-bond acceptors (Lipinski definition) is 8. The molecule has 100 heavy (non-hydrogen) atoms. The molecule has 4 heterocycles. The molecular formula is C90H62N10. The summed E-state index contributed by atoms with van der Waals surface area (Å²) in [5.41, 5.74) is 18.9. The lowest BCUT2D eigenvalue weighted by Gasteiger charge is -2.25. The number of hydrogen-bond donors (Lipinski definition) is 0. The van der Waals surface area contributed by atoms with Crippen molar-refractivity contribution in [3.05, 3.63) is 376 Å². The summed E-state index contributed by atoms with van der Waals surface area (Å²) < 4.78 is 4.68. The number of anilines is 6. The molecule has 0 N–H and O–H groups in total. The first-order valence-electron chi connectivity index (χ1n) is 33.4. The fourth-order valence-electron chi connectivity index (χ4n) is 13.4. The van der Waals surface area contributed by atoms with E-state index in [4.69, 9.17) is 29.9 Å². The molecule has 0 saturated carbocycles. The zero-order valence-corrected chi connectivity index (χ0v) is 54.3. The summed E-state index contributed by atoms with van der Waals surface area (Å²) in [6.07, 6.45) is 0. The lowest BCUT2D eigenvalue weighted by atomic mass is 10.1. The van der Waals surface area contributed by atoms with Gasteiger partial charge in [0, 0.05) is 100 Å². The summed E-state index contributed by atoms with van der Waals surface area (Å²) >= 11 is 0. The van der Waals surface area contributed by atoms with E-state index in [2.05, 4.69) is 274 Å². The Morgan fingerprint density at radius 3 is 0.790 bits per heavy atom. The maximum absolute atomic E-state index is 5.00. The highest BCUT2D eigenvalue weighted by Gasteiger charge is 2.22. The first kappa shape index (κ1) is 60.0. The van der Waals surface area contributed by atoms with Gasteiger partial charge in [0.2, 0.25) is 0 Å². The van der Waals surface area contributed by atoms with E-state index in [0.717, 1.165) is 101 Å². The summed E-state index contributed by atoms with van der Waals surface area (Å²) in [6.45, 7) is 0. The van der Waals surface area contributed by atoms with Crippen molar-refractivity contribution >= 4 is 77.7 Å². The van der Waals surface area contributed by atoms with Gasteiger partial charge in [0.1, 0.15) is 0 Å². The molecule has 0 aliphatic heterocycles. The number of fused-ring (bicyclic) bond motifs is 6. The fraction of sp³-hybridized carbons (Fsp3) is 0. The fourth-order valence-corrected chi connectivity index (χ4v) is 13.4. The smallest absolute Gasteiger partial charge is 0.164 e. The molecule has 10 heteroatoms. The lowest BCUT2D eigenvalue weighted by molar-refractivity contribution is 1.07. The summed E-state index contributed by atoms with van der Waals surface area (Å²) in [5, 5.41) is 4.76. The number of rotatable bonds is 14. The molecule has 14 aromatic carbocycles. The molecule has 0 bridgehead atoms. The quantitative estimate of drug-likeness (QED) is 0.106. The van der Waals surface area contributed by atoms with Crippen LogP contribution in [0.15, 0.2) is 376 Å². The number of benzene rings is 14. The van der Waals surface area contributed by atoms with Gasteiger partial charge in [0.15, 0.2) is 34.9 Å². The topological polar surface area (TPSA) is 93.7 Å². The largest absolute Gasteiger partial charge is 0.310 e. The van der Waals surface area contributed by atoms with Gasteiger partial charge >= 0.3 is 0 Å². The minimum atomic E-state index is 0.629. The van der Waals surface area contributed by atoms with Crippen LogP contribution in [0, 0.1) is 0 Å². The zero-order chi connectivity index (χ0) is 66.6. The van der Waals surface area contributed by atoms with Gasteiger partial charge in [-0.1, -0.05) is 243 Å². The Balaban J connectivity index is 0.000000150. The molecule has 0 aliphatic carbocycles. The van der Waals surface area contributed by atoms with E-state index >= 15 is 0 Å². The Morgan fingerprint density at radius 2 is 0.440 bits per heavy atom. The molecule has 10 nitrogen and oxygen atoms in total. The number of para-hydroxylation sites is 6. The Kier molecular flexibility index (Phi) is 16.1. The molecule has 18 rings (SSSR count). The van der Waals surface area contributed by atoms with Crippen LogP contribution >= 0.6 is 0 Å². The van der Waals surface area contributed by atoms with Crippen LogP contribution in [-0.2, 0) is 0 Å². The van der Waals surface area contributed by atoms with Crippen LogP contribution in [0.4, 0.5) is 34.1 Å². The molecule has 18 aromatic rings. The SMILES string of the molecule is c1ccc(-c2nc(-c3ccccc3)nc(-c3ccc(-n4c5ccccc5c5cc(N(c6ccccc6)c6ccccc6)ccc54)cc3)n2)cc1.c1ccc(-c2nc(-c3ccccc3)nc(-c3cccc(-n4c5ccccc5c5cc(N(c6ccccc6)c6ccccc6)ccc54)c3)n2)cc1. The van der Waals surface area contributed by atoms with Crippen molar-refractivity contribution in [1.82, 2.24) is 39.0 Å². The Hall–Kier alpha value is -13.7. The first-order valence-corrected chi connectivity index (χ1v) is 33.4. The van der Waals surface area contributed by atoms with Crippen molar-refractivity contribution in [2.45, 2.75) is 0 Å². The lowest BCUT2D eigenvalue weighted by Crippen LogP contribution is -2.09. The number of aromatic nitrogens is 8. The van der Waals surface area contributed by atoms with E-state index < -0.39 is 0 Å². The summed E-state index contributed by atoms with van der Waals surface area (Å²) in [6, 6.07) is 130. The van der Waals surface area contributed by atoms with Gasteiger partial charge in [0.25, 0.3) is 0 Å². The van der Waals surface area contributed by atoms with Crippen LogP contribution in [-0.4, -0.2) is 39.0 Å². The van der Waals surface area contributed by atoms with Crippen molar-refractivity contribution in [2.24, 2.45) is 0 Å². The Morgan fingerprint density at radius 1 is 0.170 bits per heavy atom. The maximum atomic E-state index is 5.00. The Labute approximate surface area is 579 Å². The van der Waals surface area contributed by atoms with E-state index in [1.807, 2.05) is 121 Å². The second kappa shape index (κ2) is 26.8. The second-order valence-electron chi connectivity index (χ2n) is 24.3. The molecule has 0 unspecified atom stereocenters. The highest BCUT2D eigenvalue weighted by Crippen LogP contribution is 2.43. The summed E-state index contributed by atoms with van der Waals surface area (Å²) in [5.74, 6) is 3.85. The zero-order valence-electron chi connectivity index (χ0n) is 54.3. The third-order valence-corrected chi connectivity index (χ3v) is 18.0. The molecule has 0 radical (unpaired) electrons. The molecule has 0 spiro atoms. The summed E-state index contributed by atoms with van der Waals surface area (Å²) in [4.78, 5) is 34.2. The monoisotopic (exact) mass is 1280 g/mol. The van der Waals surface area contributed by atoms with Crippen molar-refractivity contribution in [2.75, 3.05) is 9.80 Å². The normalized spacial score (nSPS) is 11.2. The average Bonchev–Trinajstić information content (AvgIpc) is 1.59. The minimum Gasteiger partial charge on any atom is -0.310 e. The van der Waals surface area contributed by atoms with Gasteiger partial charge in [-0.05, 0) is 133 Å². The van der Waals surface area contributed by atoms with Gasteiger partial charge in [0.05, 0.1) is 22.1 Å². The van der Waals surface area contributed by atoms with Crippen molar-refractivity contribution in [1.29, 1.82) is 0 Å². The first-order chi connectivity index (χ1) is 49.6. The molecule has 0 aliphatic rings. The predicted molar refractivity (Wildman–Crippen MR) is 410 cm³/mol. The van der Waals surface area contributed by atoms with Crippen LogP contribution in [0.25, 0.3) is 123 Å². The van der Waals surface area contributed by atoms with Crippen molar-refractivity contribution in [3.8, 4) is 79.7 Å². The minimum absolute atomic E-state index is 0.629. The Bertz CT molecular complexity index is 5690. The van der Waals surface area contributed by atoms with Crippen molar-refractivity contribution < 1.29 is 0 Å². The molecule has 4 aromatic heterocycles. The second-order valence-corrected chi connectivity index (χ2v) is 24.3. The third-order valence-electron chi connectivity index (χ3n) is 18.0. The summed E-state index contributed by atoms with van der Waals surface area (Å²) in [7, 11) is 0. The predicted octanol–water partition coefficient (Wildman–Crippen LogP) is 22.9. The highest BCUT2D eigenvalue weighted by molar-refractivity contribution is 6.12. The standard InChI is InChI=1S/2C45H31N5/c1-5-16-32(17-6-1)43-46-44(33-18-7-2-8-19-33)48-45(47-43)34-20-15-25-37(30-34)50-41-27-14-13-26-39(41)40-31-38(28-29-42(40)50)49(35-21-9-3-10-22-35)36-23-11-4-12-24-36;1-5-15-32(16-6-1)43-46-44(33-17-7-2-8-18-33)48-45(47-43)34-25-27-37(28-26-34)50-41-24-14-13-23-39(41)40-31-38(29-30-42(40)50)49(35-19-9-3-10-20-35)36-21-11-4-12-22-36/h2*1-31H. The highest BCUT2D eigenvalue weighted by atomic mass is 15.2. The van der Waals surface area contributed by atoms with Crippen LogP contribution in [0.1, 0.15) is 0 Å². The third kappa shape index (κ3) is 11.8. The molecule has 0 atom stereocenters. The molecule has 0 fully saturated rings. The molecule has 0 saturated heterocycles. The van der Waals surface area contributed by atoms with Gasteiger partial charge in [-0.3, -0.25) is 0 Å². The average molecular weight is 1280 g/mol. The maximum Gasteiger partial charge on any atom is 0.164 e. The van der Waals surface area contributed by atoms with Crippen LogP contribution in [0.2, 0.25) is 0 Å². The van der Waals surface area contributed by atoms with E-state index in [-0.39, 0.29) is 0 Å². The number of nitrogens with zero attached hydrogens (tertiary/aromatic N) is 10. The van der Waals surface area contributed by atoms with Gasteiger partial charge in [-0.25, -0.2) is 29.9 Å². The van der Waals surface area contributed by atoms with Gasteiger partial charge in [-0.2, -0.15) is 0 Å². The van der Waals surface area contributed by atoms with E-state index in [0.29, 0.717) is 34.9 Å². The molecule has 0 amide bonds. The van der Waals surface area contributed by atoms with Crippen molar-refractivity contribution in [3.63, 3.8) is 0 Å². The van der Waals surface area contributed by atoms with Gasteiger partial charge < -0.3 is 18.9 Å². The van der Waals surface area contributed by atoms with Gasteiger partial charge in [-0.15, -0.1) is 0 Å². The van der Waals surface area contributed by atoms with E-state index in [9.17, 15) is 0 Å².